The lowest BCUT2D eigenvalue weighted by atomic mass is 10.1. The summed E-state index contributed by atoms with van der Waals surface area (Å²) < 4.78 is 0. The molecular formula is C24H32ClN5O. The molecule has 166 valence electrons. The quantitative estimate of drug-likeness (QED) is 0.627. The molecule has 1 saturated heterocycles. The molecule has 1 N–H and O–H groups in total. The Morgan fingerprint density at radius 3 is 2.55 bits per heavy atom. The Morgan fingerprint density at radius 1 is 1.13 bits per heavy atom. The van der Waals surface area contributed by atoms with Crippen molar-refractivity contribution >= 4 is 40.7 Å². The van der Waals surface area contributed by atoms with Gasteiger partial charge < -0.3 is 9.80 Å². The number of H-pyrrole nitrogens is 1. The number of carbonyl (C=O) groups excluding carboxylic acids is 1. The summed E-state index contributed by atoms with van der Waals surface area (Å²) in [5.41, 5.74) is 4.62. The lowest BCUT2D eigenvalue weighted by Crippen LogP contribution is -2.47. The highest BCUT2D eigenvalue weighted by molar-refractivity contribution is 5.92. The van der Waals surface area contributed by atoms with Gasteiger partial charge in [-0.3, -0.25) is 14.8 Å². The Labute approximate surface area is 190 Å². The first-order valence-electron chi connectivity index (χ1n) is 10.8. The van der Waals surface area contributed by atoms with Crippen LogP contribution in [0.1, 0.15) is 25.0 Å². The van der Waals surface area contributed by atoms with Crippen LogP contribution in [0.2, 0.25) is 0 Å². The first-order valence-corrected chi connectivity index (χ1v) is 10.8. The van der Waals surface area contributed by atoms with Crippen molar-refractivity contribution in [1.29, 1.82) is 0 Å². The predicted octanol–water partition coefficient (Wildman–Crippen LogP) is 4.03. The Hall–Kier alpha value is -2.57. The van der Waals surface area contributed by atoms with Crippen molar-refractivity contribution < 1.29 is 4.79 Å². The van der Waals surface area contributed by atoms with Gasteiger partial charge in [-0.1, -0.05) is 24.3 Å². The zero-order valence-corrected chi connectivity index (χ0v) is 19.4. The van der Waals surface area contributed by atoms with E-state index in [1.165, 1.54) is 16.5 Å². The van der Waals surface area contributed by atoms with Crippen LogP contribution in [0.3, 0.4) is 0 Å². The predicted molar refractivity (Wildman–Crippen MR) is 131 cm³/mol. The molecular weight excluding hydrogens is 410 g/mol. The number of aromatic nitrogens is 2. The highest BCUT2D eigenvalue weighted by atomic mass is 35.5. The molecule has 1 aliphatic rings. The summed E-state index contributed by atoms with van der Waals surface area (Å²) in [4.78, 5) is 18.6. The van der Waals surface area contributed by atoms with Gasteiger partial charge in [-0.25, -0.2) is 0 Å². The van der Waals surface area contributed by atoms with E-state index in [9.17, 15) is 4.79 Å². The molecule has 31 heavy (non-hydrogen) atoms. The second-order valence-electron chi connectivity index (χ2n) is 8.06. The van der Waals surface area contributed by atoms with Crippen LogP contribution < -0.4 is 9.80 Å². The third-order valence-electron chi connectivity index (χ3n) is 6.09. The van der Waals surface area contributed by atoms with E-state index in [1.54, 1.807) is 6.92 Å². The number of fused-ring (bicyclic) bond motifs is 1. The van der Waals surface area contributed by atoms with E-state index in [-0.39, 0.29) is 18.3 Å². The number of hydrogen-bond acceptors (Lipinski definition) is 4. The number of benzene rings is 2. The first kappa shape index (κ1) is 23.1. The number of para-hydroxylation sites is 1. The van der Waals surface area contributed by atoms with Crippen LogP contribution in [0.15, 0.2) is 42.5 Å². The van der Waals surface area contributed by atoms with Crippen LogP contribution in [0.5, 0.6) is 0 Å². The van der Waals surface area contributed by atoms with Crippen LogP contribution in [0.4, 0.5) is 11.5 Å². The average Bonchev–Trinajstić information content (AvgIpc) is 3.18. The Kier molecular flexibility index (Phi) is 7.57. The van der Waals surface area contributed by atoms with E-state index in [4.69, 9.17) is 0 Å². The number of rotatable bonds is 6. The van der Waals surface area contributed by atoms with Crippen LogP contribution in [-0.4, -0.2) is 60.3 Å². The van der Waals surface area contributed by atoms with Gasteiger partial charge in [0.2, 0.25) is 5.91 Å². The van der Waals surface area contributed by atoms with Gasteiger partial charge in [-0.05, 0) is 49.6 Å². The molecule has 0 saturated carbocycles. The van der Waals surface area contributed by atoms with Gasteiger partial charge in [-0.15, -0.1) is 12.4 Å². The number of hydrogen-bond donors (Lipinski definition) is 1. The zero-order chi connectivity index (χ0) is 21.1. The van der Waals surface area contributed by atoms with Gasteiger partial charge in [0.25, 0.3) is 0 Å². The van der Waals surface area contributed by atoms with Gasteiger partial charge in [-0.2, -0.15) is 5.10 Å². The maximum Gasteiger partial charge on any atom is 0.223 e. The molecule has 0 spiro atoms. The smallest absolute Gasteiger partial charge is 0.223 e. The minimum absolute atomic E-state index is 0. The zero-order valence-electron chi connectivity index (χ0n) is 18.6. The summed E-state index contributed by atoms with van der Waals surface area (Å²) in [5.74, 6) is 1.17. The summed E-state index contributed by atoms with van der Waals surface area (Å²) in [7, 11) is 0. The number of nitrogens with zero attached hydrogens (tertiary/aromatic N) is 4. The summed E-state index contributed by atoms with van der Waals surface area (Å²) in [6, 6.07) is 14.8. The van der Waals surface area contributed by atoms with Crippen molar-refractivity contribution in [2.45, 2.75) is 27.2 Å². The largest absolute Gasteiger partial charge is 0.352 e. The van der Waals surface area contributed by atoms with Crippen LogP contribution in [-0.2, 0) is 11.2 Å². The summed E-state index contributed by atoms with van der Waals surface area (Å²) in [6.45, 7) is 11.6. The summed E-state index contributed by atoms with van der Waals surface area (Å²) >= 11 is 0. The lowest BCUT2D eigenvalue weighted by Gasteiger charge is -2.35. The maximum atomic E-state index is 11.8. The van der Waals surface area contributed by atoms with Gasteiger partial charge >= 0.3 is 0 Å². The Bertz CT molecular complexity index is 1030. The van der Waals surface area contributed by atoms with Gasteiger partial charge in [0.15, 0.2) is 5.82 Å². The summed E-state index contributed by atoms with van der Waals surface area (Å²) in [6.07, 6.45) is 1.03. The third kappa shape index (κ3) is 5.02. The normalized spacial score (nSPS) is 14.5. The SMILES string of the molecule is CCN(C(C)=O)c1ccc(CCN2CCN(c3n[nH]c4ccccc34)CC2)cc1C.Cl. The molecule has 0 aliphatic carbocycles. The number of nitrogens with one attached hydrogen (secondary N) is 1. The molecule has 0 atom stereocenters. The fourth-order valence-electron chi connectivity index (χ4n) is 4.40. The highest BCUT2D eigenvalue weighted by Crippen LogP contribution is 2.25. The molecule has 1 fully saturated rings. The number of aryl methyl sites for hydroxylation is 1. The standard InChI is InChI=1S/C24H31N5O.ClH/c1-4-29(19(3)30)23-10-9-20(17-18(23)2)11-12-27-13-15-28(16-14-27)24-21-7-5-6-8-22(21)25-26-24;/h5-10,17H,4,11-16H2,1-3H3,(H,25,26);1H. The Morgan fingerprint density at radius 2 is 1.87 bits per heavy atom. The van der Waals surface area contributed by atoms with Crippen LogP contribution in [0.25, 0.3) is 10.9 Å². The number of carbonyl (C=O) groups is 1. The molecule has 2 aromatic carbocycles. The molecule has 1 aliphatic heterocycles. The van der Waals surface area contributed by atoms with E-state index < -0.39 is 0 Å². The van der Waals surface area contributed by atoms with Crippen molar-refractivity contribution in [3.63, 3.8) is 0 Å². The van der Waals surface area contributed by atoms with E-state index in [0.29, 0.717) is 6.54 Å². The topological polar surface area (TPSA) is 55.5 Å². The highest BCUT2D eigenvalue weighted by Gasteiger charge is 2.20. The minimum Gasteiger partial charge on any atom is -0.352 e. The van der Waals surface area contributed by atoms with E-state index in [2.05, 4.69) is 63.3 Å². The molecule has 7 heteroatoms. The van der Waals surface area contributed by atoms with Crippen molar-refractivity contribution in [2.24, 2.45) is 0 Å². The van der Waals surface area contributed by atoms with Crippen molar-refractivity contribution in [3.8, 4) is 0 Å². The first-order chi connectivity index (χ1) is 14.6. The van der Waals surface area contributed by atoms with Gasteiger partial charge in [0.05, 0.1) is 5.52 Å². The number of anilines is 2. The monoisotopic (exact) mass is 441 g/mol. The second-order valence-corrected chi connectivity index (χ2v) is 8.06. The maximum absolute atomic E-state index is 11.8. The van der Waals surface area contributed by atoms with Gasteiger partial charge in [0, 0.05) is 57.3 Å². The van der Waals surface area contributed by atoms with E-state index in [0.717, 1.165) is 56.2 Å². The second kappa shape index (κ2) is 10.2. The average molecular weight is 442 g/mol. The molecule has 3 aromatic rings. The molecule has 2 heterocycles. The fourth-order valence-corrected chi connectivity index (χ4v) is 4.40. The van der Waals surface area contributed by atoms with E-state index in [1.807, 2.05) is 17.9 Å². The number of halogens is 1. The van der Waals surface area contributed by atoms with E-state index >= 15 is 0 Å². The molecule has 4 rings (SSSR count). The number of aromatic amines is 1. The molecule has 0 bridgehead atoms. The third-order valence-corrected chi connectivity index (χ3v) is 6.09. The Balaban J connectivity index is 0.00000272. The van der Waals surface area contributed by atoms with Crippen molar-refractivity contribution in [2.75, 3.05) is 49.1 Å². The molecule has 0 unspecified atom stereocenters. The number of piperazine rings is 1. The van der Waals surface area contributed by atoms with Gasteiger partial charge in [0.1, 0.15) is 0 Å². The number of amides is 1. The van der Waals surface area contributed by atoms with Crippen LogP contribution in [0, 0.1) is 6.92 Å². The lowest BCUT2D eigenvalue weighted by molar-refractivity contribution is -0.116. The fraction of sp³-hybridized carbons (Fsp3) is 0.417. The van der Waals surface area contributed by atoms with Crippen molar-refractivity contribution in [3.05, 3.63) is 53.6 Å². The molecule has 0 radical (unpaired) electrons. The minimum atomic E-state index is 0. The van der Waals surface area contributed by atoms with Crippen LogP contribution >= 0.6 is 12.4 Å². The molecule has 1 aromatic heterocycles. The summed E-state index contributed by atoms with van der Waals surface area (Å²) in [5, 5.41) is 8.89. The molecule has 1 amide bonds. The van der Waals surface area contributed by atoms with Crippen molar-refractivity contribution in [1.82, 2.24) is 15.1 Å². The molecule has 6 nitrogen and oxygen atoms in total.